The zero-order valence-electron chi connectivity index (χ0n) is 12.4. The van der Waals surface area contributed by atoms with Crippen molar-refractivity contribution in [3.63, 3.8) is 0 Å². The van der Waals surface area contributed by atoms with Gasteiger partial charge in [-0.3, -0.25) is 0 Å². The molecule has 0 aliphatic heterocycles. The van der Waals surface area contributed by atoms with Gasteiger partial charge in [-0.25, -0.2) is 0 Å². The van der Waals surface area contributed by atoms with Crippen LogP contribution in [-0.2, 0) is 12.8 Å². The molecule has 3 rings (SSSR count). The van der Waals surface area contributed by atoms with E-state index < -0.39 is 0 Å². The van der Waals surface area contributed by atoms with Crippen LogP contribution in [0.5, 0.6) is 5.75 Å². The minimum absolute atomic E-state index is 0.512. The van der Waals surface area contributed by atoms with E-state index in [2.05, 4.69) is 48.5 Å². The summed E-state index contributed by atoms with van der Waals surface area (Å²) in [4.78, 5) is 0. The molecule has 1 unspecified atom stereocenters. The van der Waals surface area contributed by atoms with Crippen LogP contribution < -0.4 is 10.5 Å². The third-order valence-electron chi connectivity index (χ3n) is 4.20. The lowest BCUT2D eigenvalue weighted by molar-refractivity contribution is 0.414. The van der Waals surface area contributed by atoms with Gasteiger partial charge < -0.3 is 10.5 Å². The summed E-state index contributed by atoms with van der Waals surface area (Å²) in [6, 6.07) is 17.0. The molecule has 1 atom stereocenters. The van der Waals surface area contributed by atoms with Crippen LogP contribution in [0.25, 0.3) is 5.57 Å². The predicted octanol–water partition coefficient (Wildman–Crippen LogP) is 3.45. The minimum Gasteiger partial charge on any atom is -0.497 e. The van der Waals surface area contributed by atoms with Crippen molar-refractivity contribution in [1.82, 2.24) is 0 Å². The molecular formula is C19H21NO. The molecule has 2 aromatic carbocycles. The zero-order chi connectivity index (χ0) is 14.7. The maximum atomic E-state index is 5.78. The summed E-state index contributed by atoms with van der Waals surface area (Å²) in [5.74, 6) is 1.43. The monoisotopic (exact) mass is 279 g/mol. The number of nitrogens with two attached hydrogens (primary N) is 1. The van der Waals surface area contributed by atoms with Crippen molar-refractivity contribution in [2.24, 2.45) is 11.7 Å². The van der Waals surface area contributed by atoms with Crippen LogP contribution >= 0.6 is 0 Å². The van der Waals surface area contributed by atoms with E-state index >= 15 is 0 Å². The van der Waals surface area contributed by atoms with Crippen LogP contribution in [0.15, 0.2) is 54.6 Å². The third kappa shape index (κ3) is 2.86. The number of fused-ring (bicyclic) bond motifs is 1. The van der Waals surface area contributed by atoms with Crippen molar-refractivity contribution in [3.8, 4) is 5.75 Å². The highest BCUT2D eigenvalue weighted by Crippen LogP contribution is 2.40. The summed E-state index contributed by atoms with van der Waals surface area (Å²) in [6.07, 6.45) is 4.31. The largest absolute Gasteiger partial charge is 0.497 e. The fourth-order valence-corrected chi connectivity index (χ4v) is 3.21. The summed E-state index contributed by atoms with van der Waals surface area (Å²) in [6.45, 7) is 0.581. The molecule has 2 aromatic rings. The molecule has 0 saturated carbocycles. The molecule has 1 aliphatic rings. The van der Waals surface area contributed by atoms with Gasteiger partial charge in [0.25, 0.3) is 0 Å². The molecule has 2 heteroatoms. The van der Waals surface area contributed by atoms with Gasteiger partial charge in [0.2, 0.25) is 0 Å². The number of rotatable bonds is 4. The molecule has 2 nitrogen and oxygen atoms in total. The zero-order valence-corrected chi connectivity index (χ0v) is 12.4. The van der Waals surface area contributed by atoms with E-state index in [1.54, 1.807) is 7.11 Å². The molecular weight excluding hydrogens is 258 g/mol. The standard InChI is InChI=1S/C19H21NO/c1-21-17-8-7-15-12-16(11-14-5-3-2-4-6-14)18(9-10-20)19(15)13-17/h2-9,13,16H,10-12,20H2,1H3. The van der Waals surface area contributed by atoms with E-state index in [1.807, 2.05) is 6.07 Å². The third-order valence-corrected chi connectivity index (χ3v) is 4.20. The van der Waals surface area contributed by atoms with E-state index in [4.69, 9.17) is 10.5 Å². The quantitative estimate of drug-likeness (QED) is 0.930. The number of hydrogen-bond acceptors (Lipinski definition) is 2. The molecule has 0 spiro atoms. The molecule has 1 aliphatic carbocycles. The predicted molar refractivity (Wildman–Crippen MR) is 87.4 cm³/mol. The van der Waals surface area contributed by atoms with Gasteiger partial charge in [-0.05, 0) is 53.2 Å². The molecule has 0 radical (unpaired) electrons. The molecule has 0 saturated heterocycles. The van der Waals surface area contributed by atoms with Crippen molar-refractivity contribution in [2.45, 2.75) is 12.8 Å². The van der Waals surface area contributed by atoms with Crippen molar-refractivity contribution in [3.05, 3.63) is 71.3 Å². The Bertz CT molecular complexity index is 646. The van der Waals surface area contributed by atoms with Crippen molar-refractivity contribution < 1.29 is 4.74 Å². The highest BCUT2D eigenvalue weighted by atomic mass is 16.5. The maximum absolute atomic E-state index is 5.78. The Labute approximate surface area is 126 Å². The van der Waals surface area contributed by atoms with Gasteiger partial charge in [-0.15, -0.1) is 0 Å². The average molecular weight is 279 g/mol. The second-order valence-corrected chi connectivity index (χ2v) is 5.51. The first kappa shape index (κ1) is 13.9. The Morgan fingerprint density at radius 1 is 1.19 bits per heavy atom. The summed E-state index contributed by atoms with van der Waals surface area (Å²) < 4.78 is 5.36. The van der Waals surface area contributed by atoms with Crippen LogP contribution in [0.4, 0.5) is 0 Å². The van der Waals surface area contributed by atoms with E-state index in [0.717, 1.165) is 18.6 Å². The number of methoxy groups -OCH3 is 1. The van der Waals surface area contributed by atoms with Gasteiger partial charge in [0, 0.05) is 6.54 Å². The first-order valence-electron chi connectivity index (χ1n) is 7.43. The molecule has 108 valence electrons. The normalized spacial score (nSPS) is 18.8. The lowest BCUT2D eigenvalue weighted by Gasteiger charge is -2.13. The second kappa shape index (κ2) is 6.15. The molecule has 0 amide bonds. The molecule has 0 heterocycles. The topological polar surface area (TPSA) is 35.2 Å². The van der Waals surface area contributed by atoms with Crippen molar-refractivity contribution in [1.29, 1.82) is 0 Å². The van der Waals surface area contributed by atoms with Gasteiger partial charge >= 0.3 is 0 Å². The van der Waals surface area contributed by atoms with Crippen LogP contribution in [0, 0.1) is 5.92 Å². The Hall–Kier alpha value is -2.06. The van der Waals surface area contributed by atoms with Gasteiger partial charge in [-0.2, -0.15) is 0 Å². The van der Waals surface area contributed by atoms with Gasteiger partial charge in [-0.1, -0.05) is 42.5 Å². The lowest BCUT2D eigenvalue weighted by Crippen LogP contribution is -2.05. The Balaban J connectivity index is 1.92. The second-order valence-electron chi connectivity index (χ2n) is 5.51. The Kier molecular flexibility index (Phi) is 4.07. The smallest absolute Gasteiger partial charge is 0.119 e. The number of allylic oxidation sites excluding steroid dienone is 1. The van der Waals surface area contributed by atoms with Crippen molar-refractivity contribution in [2.75, 3.05) is 13.7 Å². The maximum Gasteiger partial charge on any atom is 0.119 e. The summed E-state index contributed by atoms with van der Waals surface area (Å²) in [7, 11) is 1.71. The first-order chi connectivity index (χ1) is 10.3. The van der Waals surface area contributed by atoms with Crippen LogP contribution in [0.3, 0.4) is 0 Å². The Morgan fingerprint density at radius 3 is 2.71 bits per heavy atom. The molecule has 0 fully saturated rings. The summed E-state index contributed by atoms with van der Waals surface area (Å²) >= 11 is 0. The number of benzene rings is 2. The molecule has 21 heavy (non-hydrogen) atoms. The van der Waals surface area contributed by atoms with Gasteiger partial charge in [0.05, 0.1) is 7.11 Å². The fraction of sp³-hybridized carbons (Fsp3) is 0.263. The van der Waals surface area contributed by atoms with E-state index in [-0.39, 0.29) is 0 Å². The van der Waals surface area contributed by atoms with Crippen LogP contribution in [0.1, 0.15) is 16.7 Å². The van der Waals surface area contributed by atoms with E-state index in [1.165, 1.54) is 22.3 Å². The molecule has 2 N–H and O–H groups in total. The lowest BCUT2D eigenvalue weighted by atomic mass is 9.92. The van der Waals surface area contributed by atoms with E-state index in [9.17, 15) is 0 Å². The number of hydrogen-bond donors (Lipinski definition) is 1. The van der Waals surface area contributed by atoms with Gasteiger partial charge in [0.15, 0.2) is 0 Å². The molecule has 0 bridgehead atoms. The van der Waals surface area contributed by atoms with E-state index in [0.29, 0.717) is 12.5 Å². The SMILES string of the molecule is COc1ccc2c(c1)C(=CCN)C(Cc1ccccc1)C2. The van der Waals surface area contributed by atoms with Crippen LogP contribution in [0.2, 0.25) is 0 Å². The minimum atomic E-state index is 0.512. The van der Waals surface area contributed by atoms with Gasteiger partial charge in [0.1, 0.15) is 5.75 Å². The average Bonchev–Trinajstić information content (AvgIpc) is 2.85. The Morgan fingerprint density at radius 2 is 2.00 bits per heavy atom. The fourth-order valence-electron chi connectivity index (χ4n) is 3.21. The molecule has 0 aromatic heterocycles. The highest BCUT2D eigenvalue weighted by molar-refractivity contribution is 5.76. The van der Waals surface area contributed by atoms with Crippen LogP contribution in [-0.4, -0.2) is 13.7 Å². The van der Waals surface area contributed by atoms with Crippen molar-refractivity contribution >= 4 is 5.57 Å². The highest BCUT2D eigenvalue weighted by Gasteiger charge is 2.27. The summed E-state index contributed by atoms with van der Waals surface area (Å²) in [5, 5.41) is 0. The first-order valence-corrected chi connectivity index (χ1v) is 7.43. The summed E-state index contributed by atoms with van der Waals surface area (Å²) in [5.41, 5.74) is 11.2. The number of ether oxygens (including phenoxy) is 1.